The number of rotatable bonds is 11. The van der Waals surface area contributed by atoms with Crippen molar-refractivity contribution >= 4 is 40.7 Å². The van der Waals surface area contributed by atoms with E-state index in [9.17, 15) is 32.7 Å². The molecular weight excluding hydrogens is 648 g/mol. The summed E-state index contributed by atoms with van der Waals surface area (Å²) in [5.74, 6) is -1.39. The average Bonchev–Trinajstić information content (AvgIpc) is 2.92. The zero-order chi connectivity index (χ0) is 29.4. The Balaban J connectivity index is 2.03. The van der Waals surface area contributed by atoms with Gasteiger partial charge < -0.3 is 29.9 Å². The number of aliphatic hydroxyl groups excluding tert-OH is 2. The topological polar surface area (TPSA) is 125 Å². The minimum Gasteiger partial charge on any atom is -0.493 e. The van der Waals surface area contributed by atoms with Gasteiger partial charge in [0, 0.05) is 24.1 Å². The summed E-state index contributed by atoms with van der Waals surface area (Å²) in [4.78, 5) is 37.9. The Bertz CT molecular complexity index is 1240. The molecule has 13 heteroatoms. The first-order valence-corrected chi connectivity index (χ1v) is 13.2. The molecule has 9 nitrogen and oxygen atoms in total. The number of hydrogen-bond acceptors (Lipinski definition) is 7. The van der Waals surface area contributed by atoms with Crippen molar-refractivity contribution in [3.05, 3.63) is 68.8 Å². The van der Waals surface area contributed by atoms with Crippen LogP contribution in [0.3, 0.4) is 0 Å². The summed E-state index contributed by atoms with van der Waals surface area (Å²) in [5.41, 5.74) is 0.717. The number of methoxy groups -OCH3 is 1. The standard InChI is InChI=1S/C27H28F3IN2O7/c1-39-22-10-17(14-35)9-19(31)25(22)40-21-13-18(26(38)32-7-8-34)12-20(24(21)37)33(15-27(28,29)30)23(36)11-16-5-3-2-4-6-16/h2-6,9-10,13-14,20-21,24,34,37H,7-8,11-12,15H2,1H3,(H,32,38)/t20-,21+,24+/m1/s1. The van der Waals surface area contributed by atoms with Crippen LogP contribution in [0.2, 0.25) is 0 Å². The van der Waals surface area contributed by atoms with Crippen LogP contribution in [0.1, 0.15) is 22.3 Å². The zero-order valence-corrected chi connectivity index (χ0v) is 23.5. The number of carbonyl (C=O) groups excluding carboxylic acids is 3. The molecule has 0 spiro atoms. The molecule has 0 aromatic heterocycles. The molecule has 216 valence electrons. The minimum atomic E-state index is -4.80. The van der Waals surface area contributed by atoms with E-state index >= 15 is 0 Å². The van der Waals surface area contributed by atoms with Gasteiger partial charge >= 0.3 is 6.18 Å². The van der Waals surface area contributed by atoms with Gasteiger partial charge in [0.1, 0.15) is 25.0 Å². The molecule has 40 heavy (non-hydrogen) atoms. The summed E-state index contributed by atoms with van der Waals surface area (Å²) < 4.78 is 52.8. The first-order chi connectivity index (χ1) is 19.0. The predicted molar refractivity (Wildman–Crippen MR) is 146 cm³/mol. The predicted octanol–water partition coefficient (Wildman–Crippen LogP) is 2.66. The fraction of sp³-hybridized carbons (Fsp3) is 0.370. The fourth-order valence-electron chi connectivity index (χ4n) is 4.29. The number of benzene rings is 2. The lowest BCUT2D eigenvalue weighted by atomic mass is 9.87. The van der Waals surface area contributed by atoms with Gasteiger partial charge in [-0.25, -0.2) is 0 Å². The van der Waals surface area contributed by atoms with E-state index in [1.54, 1.807) is 30.3 Å². The van der Waals surface area contributed by atoms with Crippen LogP contribution in [-0.4, -0.2) is 84.4 Å². The maximum Gasteiger partial charge on any atom is 0.406 e. The number of ether oxygens (including phenoxy) is 2. The molecule has 0 fully saturated rings. The van der Waals surface area contributed by atoms with Crippen molar-refractivity contribution in [3.8, 4) is 11.5 Å². The molecule has 2 aromatic carbocycles. The summed E-state index contributed by atoms with van der Waals surface area (Å²) in [6, 6.07) is 9.56. The molecule has 0 aliphatic heterocycles. The van der Waals surface area contributed by atoms with E-state index in [1.165, 1.54) is 25.3 Å². The lowest BCUT2D eigenvalue weighted by Gasteiger charge is -2.41. The number of hydrogen-bond donors (Lipinski definition) is 3. The highest BCUT2D eigenvalue weighted by Gasteiger charge is 2.44. The van der Waals surface area contributed by atoms with Crippen LogP contribution in [0.5, 0.6) is 11.5 Å². The van der Waals surface area contributed by atoms with Crippen LogP contribution >= 0.6 is 22.6 Å². The van der Waals surface area contributed by atoms with E-state index in [4.69, 9.17) is 14.6 Å². The summed E-state index contributed by atoms with van der Waals surface area (Å²) in [5, 5.41) is 22.8. The average molecular weight is 676 g/mol. The normalized spacial score (nSPS) is 18.9. The largest absolute Gasteiger partial charge is 0.493 e. The lowest BCUT2D eigenvalue weighted by molar-refractivity contribution is -0.172. The van der Waals surface area contributed by atoms with Crippen molar-refractivity contribution in [1.29, 1.82) is 0 Å². The molecular formula is C27H28F3IN2O7. The maximum absolute atomic E-state index is 13.7. The van der Waals surface area contributed by atoms with Gasteiger partial charge in [0.2, 0.25) is 11.8 Å². The van der Waals surface area contributed by atoms with Crippen molar-refractivity contribution in [2.45, 2.75) is 37.3 Å². The molecule has 0 radical (unpaired) electrons. The van der Waals surface area contributed by atoms with Gasteiger partial charge in [0.25, 0.3) is 0 Å². The van der Waals surface area contributed by atoms with E-state index in [1.807, 2.05) is 22.6 Å². The van der Waals surface area contributed by atoms with Crippen LogP contribution in [0.25, 0.3) is 0 Å². The molecule has 3 atom stereocenters. The molecule has 0 saturated heterocycles. The highest BCUT2D eigenvalue weighted by molar-refractivity contribution is 14.1. The molecule has 0 unspecified atom stereocenters. The first-order valence-electron chi connectivity index (χ1n) is 12.1. The van der Waals surface area contributed by atoms with Crippen LogP contribution in [0.15, 0.2) is 54.1 Å². The molecule has 1 aliphatic rings. The van der Waals surface area contributed by atoms with Crippen LogP contribution in [-0.2, 0) is 16.0 Å². The van der Waals surface area contributed by atoms with Gasteiger partial charge in [-0.05, 0) is 46.4 Å². The van der Waals surface area contributed by atoms with Gasteiger partial charge in [-0.1, -0.05) is 30.3 Å². The van der Waals surface area contributed by atoms with E-state index in [-0.39, 0.29) is 42.2 Å². The van der Waals surface area contributed by atoms with Gasteiger partial charge in [0.15, 0.2) is 11.5 Å². The summed E-state index contributed by atoms with van der Waals surface area (Å²) in [6.07, 6.45) is -6.75. The van der Waals surface area contributed by atoms with Gasteiger partial charge in [-0.2, -0.15) is 13.2 Å². The molecule has 0 bridgehead atoms. The number of amides is 2. The van der Waals surface area contributed by atoms with E-state index < -0.39 is 49.2 Å². The molecule has 2 aromatic rings. The Hall–Kier alpha value is -3.17. The first kappa shape index (κ1) is 31.4. The molecule has 2 amide bonds. The second kappa shape index (κ2) is 13.9. The Kier molecular flexibility index (Phi) is 10.9. The number of alkyl halides is 3. The smallest absolute Gasteiger partial charge is 0.406 e. The zero-order valence-electron chi connectivity index (χ0n) is 21.4. The molecule has 0 saturated carbocycles. The number of nitrogens with one attached hydrogen (secondary N) is 1. The van der Waals surface area contributed by atoms with Crippen molar-refractivity contribution in [2.24, 2.45) is 0 Å². The van der Waals surface area contributed by atoms with Crippen LogP contribution in [0, 0.1) is 3.57 Å². The third kappa shape index (κ3) is 8.17. The van der Waals surface area contributed by atoms with Crippen molar-refractivity contribution in [1.82, 2.24) is 10.2 Å². The third-order valence-electron chi connectivity index (χ3n) is 6.12. The van der Waals surface area contributed by atoms with Gasteiger partial charge in [-0.3, -0.25) is 14.4 Å². The highest BCUT2D eigenvalue weighted by Crippen LogP contribution is 2.37. The number of halogens is 4. The maximum atomic E-state index is 13.7. The molecule has 0 heterocycles. The van der Waals surface area contributed by atoms with Gasteiger partial charge in [0.05, 0.1) is 29.7 Å². The summed E-state index contributed by atoms with van der Waals surface area (Å²) in [7, 11) is 1.32. The fourth-order valence-corrected chi connectivity index (χ4v) is 5.05. The number of carbonyl (C=O) groups is 3. The number of aldehydes is 1. The lowest BCUT2D eigenvalue weighted by Crippen LogP contribution is -2.57. The second-order valence-electron chi connectivity index (χ2n) is 8.97. The number of nitrogens with zero attached hydrogens (tertiary/aromatic N) is 1. The second-order valence-corrected chi connectivity index (χ2v) is 10.1. The number of aliphatic hydroxyl groups is 2. The van der Waals surface area contributed by atoms with Crippen LogP contribution < -0.4 is 14.8 Å². The Morgan fingerprint density at radius 1 is 1.23 bits per heavy atom. The van der Waals surface area contributed by atoms with Crippen molar-refractivity contribution < 1.29 is 47.2 Å². The quantitative estimate of drug-likeness (QED) is 0.247. The highest BCUT2D eigenvalue weighted by atomic mass is 127. The minimum absolute atomic E-state index is 0.0353. The van der Waals surface area contributed by atoms with E-state index in [0.29, 0.717) is 20.3 Å². The van der Waals surface area contributed by atoms with Crippen molar-refractivity contribution in [2.75, 3.05) is 26.8 Å². The molecule has 3 rings (SSSR count). The van der Waals surface area contributed by atoms with E-state index in [0.717, 1.165) is 0 Å². The Morgan fingerprint density at radius 2 is 1.93 bits per heavy atom. The Labute approximate surface area is 242 Å². The van der Waals surface area contributed by atoms with Gasteiger partial charge in [-0.15, -0.1) is 0 Å². The Morgan fingerprint density at radius 3 is 2.52 bits per heavy atom. The molecule has 3 N–H and O–H groups in total. The SMILES string of the molecule is COc1cc(C=O)cc(I)c1O[C@H]1C=C(C(=O)NCCO)C[C@@H](N(CC(F)(F)F)C(=O)Cc2ccccc2)[C@@H]1O. The third-order valence-corrected chi connectivity index (χ3v) is 6.93. The molecule has 1 aliphatic carbocycles. The summed E-state index contributed by atoms with van der Waals surface area (Å²) >= 11 is 1.87. The summed E-state index contributed by atoms with van der Waals surface area (Å²) in [6.45, 7) is -2.15. The monoisotopic (exact) mass is 676 g/mol. The van der Waals surface area contributed by atoms with Crippen LogP contribution in [0.4, 0.5) is 13.2 Å². The van der Waals surface area contributed by atoms with E-state index in [2.05, 4.69) is 5.32 Å². The van der Waals surface area contributed by atoms with Crippen molar-refractivity contribution in [3.63, 3.8) is 0 Å².